The number of benzene rings is 1. The first-order chi connectivity index (χ1) is 11.8. The van der Waals surface area contributed by atoms with Crippen LogP contribution in [0.2, 0.25) is 0 Å². The number of nitrogens with zero attached hydrogens (tertiary/aromatic N) is 1. The molecule has 0 atom stereocenters. The highest BCUT2D eigenvalue weighted by Crippen LogP contribution is 2.16. The molecule has 1 amide bonds. The SMILES string of the molecule is C=CCCN(C(=O)OC(C)(C)C)/C(=C/Cc1ccccc1)C(=O)OC. The van der Waals surface area contributed by atoms with Gasteiger partial charge in [0.05, 0.1) is 7.11 Å². The summed E-state index contributed by atoms with van der Waals surface area (Å²) in [6, 6.07) is 9.67. The first kappa shape index (κ1) is 20.5. The fourth-order valence-corrected chi connectivity index (χ4v) is 2.08. The summed E-state index contributed by atoms with van der Waals surface area (Å²) in [5.74, 6) is -0.578. The van der Waals surface area contributed by atoms with E-state index in [1.807, 2.05) is 30.3 Å². The first-order valence-electron chi connectivity index (χ1n) is 8.22. The van der Waals surface area contributed by atoms with Crippen molar-refractivity contribution < 1.29 is 19.1 Å². The predicted molar refractivity (Wildman–Crippen MR) is 98.0 cm³/mol. The van der Waals surface area contributed by atoms with Gasteiger partial charge in [0.15, 0.2) is 0 Å². The maximum absolute atomic E-state index is 12.6. The summed E-state index contributed by atoms with van der Waals surface area (Å²) in [7, 11) is 1.29. The second kappa shape index (κ2) is 9.67. The van der Waals surface area contributed by atoms with E-state index >= 15 is 0 Å². The fraction of sp³-hybridized carbons (Fsp3) is 0.400. The van der Waals surface area contributed by atoms with Crippen LogP contribution in [-0.4, -0.2) is 36.2 Å². The van der Waals surface area contributed by atoms with E-state index in [0.717, 1.165) is 5.56 Å². The Bertz CT molecular complexity index is 614. The zero-order chi connectivity index (χ0) is 18.9. The third kappa shape index (κ3) is 7.25. The van der Waals surface area contributed by atoms with E-state index in [1.54, 1.807) is 32.9 Å². The Kier molecular flexibility index (Phi) is 7.92. The minimum absolute atomic E-state index is 0.169. The average Bonchev–Trinajstić information content (AvgIpc) is 2.56. The average molecular weight is 345 g/mol. The number of esters is 1. The molecule has 0 saturated carbocycles. The maximum Gasteiger partial charge on any atom is 0.415 e. The summed E-state index contributed by atoms with van der Waals surface area (Å²) >= 11 is 0. The van der Waals surface area contributed by atoms with Crippen LogP contribution in [0.4, 0.5) is 4.79 Å². The van der Waals surface area contributed by atoms with Gasteiger partial charge in [0.25, 0.3) is 0 Å². The molecule has 1 aromatic rings. The molecule has 1 aromatic carbocycles. The van der Waals surface area contributed by atoms with E-state index in [-0.39, 0.29) is 12.2 Å². The Morgan fingerprint density at radius 1 is 1.20 bits per heavy atom. The molecule has 0 heterocycles. The summed E-state index contributed by atoms with van der Waals surface area (Å²) in [5.41, 5.74) is 0.531. The Balaban J connectivity index is 3.12. The lowest BCUT2D eigenvalue weighted by Gasteiger charge is -2.28. The second-order valence-electron chi connectivity index (χ2n) is 6.48. The van der Waals surface area contributed by atoms with E-state index in [4.69, 9.17) is 9.47 Å². The molecule has 0 aliphatic rings. The number of allylic oxidation sites excluding steroid dienone is 1. The highest BCUT2D eigenvalue weighted by molar-refractivity contribution is 5.92. The van der Waals surface area contributed by atoms with Gasteiger partial charge in [0.2, 0.25) is 0 Å². The second-order valence-corrected chi connectivity index (χ2v) is 6.48. The Hall–Kier alpha value is -2.56. The van der Waals surface area contributed by atoms with E-state index in [0.29, 0.717) is 12.8 Å². The van der Waals surface area contributed by atoms with Gasteiger partial charge >= 0.3 is 12.1 Å². The van der Waals surface area contributed by atoms with Gasteiger partial charge in [-0.15, -0.1) is 6.58 Å². The van der Waals surface area contributed by atoms with E-state index in [9.17, 15) is 9.59 Å². The number of rotatable bonds is 7. The van der Waals surface area contributed by atoms with Crippen molar-refractivity contribution >= 4 is 12.1 Å². The lowest BCUT2D eigenvalue weighted by Crippen LogP contribution is -2.39. The normalized spacial score (nSPS) is 11.6. The summed E-state index contributed by atoms with van der Waals surface area (Å²) in [5, 5.41) is 0. The molecule has 5 heteroatoms. The molecule has 136 valence electrons. The molecule has 0 aromatic heterocycles. The van der Waals surface area contributed by atoms with Crippen LogP contribution in [0.15, 0.2) is 54.8 Å². The number of amides is 1. The highest BCUT2D eigenvalue weighted by atomic mass is 16.6. The molecule has 0 N–H and O–H groups in total. The molecule has 0 aliphatic heterocycles. The summed E-state index contributed by atoms with van der Waals surface area (Å²) < 4.78 is 10.3. The quantitative estimate of drug-likeness (QED) is 0.424. The third-order valence-corrected chi connectivity index (χ3v) is 3.23. The van der Waals surface area contributed by atoms with Crippen LogP contribution >= 0.6 is 0 Å². The van der Waals surface area contributed by atoms with Crippen molar-refractivity contribution in [1.29, 1.82) is 0 Å². The number of carbonyl (C=O) groups excluding carboxylic acids is 2. The highest BCUT2D eigenvalue weighted by Gasteiger charge is 2.28. The summed E-state index contributed by atoms with van der Waals surface area (Å²) in [6.45, 7) is 9.30. The summed E-state index contributed by atoms with van der Waals surface area (Å²) in [6.07, 6.45) is 3.81. The molecule has 0 spiro atoms. The van der Waals surface area contributed by atoms with E-state index < -0.39 is 17.7 Å². The first-order valence-corrected chi connectivity index (χ1v) is 8.22. The number of ether oxygens (including phenoxy) is 2. The zero-order valence-electron chi connectivity index (χ0n) is 15.5. The fourth-order valence-electron chi connectivity index (χ4n) is 2.08. The van der Waals surface area contributed by atoms with Gasteiger partial charge in [-0.3, -0.25) is 4.90 Å². The Labute approximate surface area is 149 Å². The van der Waals surface area contributed by atoms with Crippen molar-refractivity contribution in [2.24, 2.45) is 0 Å². The van der Waals surface area contributed by atoms with Crippen molar-refractivity contribution in [3.05, 3.63) is 60.3 Å². The molecule has 0 unspecified atom stereocenters. The van der Waals surface area contributed by atoms with Gasteiger partial charge in [-0.1, -0.05) is 36.4 Å². The third-order valence-electron chi connectivity index (χ3n) is 3.23. The maximum atomic E-state index is 12.6. The summed E-state index contributed by atoms with van der Waals surface area (Å²) in [4.78, 5) is 26.1. The smallest absolute Gasteiger partial charge is 0.415 e. The van der Waals surface area contributed by atoms with Gasteiger partial charge in [0.1, 0.15) is 11.3 Å². The van der Waals surface area contributed by atoms with Crippen LogP contribution < -0.4 is 0 Å². The lowest BCUT2D eigenvalue weighted by atomic mass is 10.1. The van der Waals surface area contributed by atoms with Crippen molar-refractivity contribution in [3.8, 4) is 0 Å². The molecular formula is C20H27NO4. The van der Waals surface area contributed by atoms with Gasteiger partial charge in [0, 0.05) is 6.54 Å². The lowest BCUT2D eigenvalue weighted by molar-refractivity contribution is -0.138. The van der Waals surface area contributed by atoms with Crippen molar-refractivity contribution in [1.82, 2.24) is 4.90 Å². The van der Waals surface area contributed by atoms with Gasteiger partial charge in [-0.25, -0.2) is 9.59 Å². The predicted octanol–water partition coefficient (Wildman–Crippen LogP) is 4.10. The molecular weight excluding hydrogens is 318 g/mol. The van der Waals surface area contributed by atoms with Gasteiger partial charge in [-0.05, 0) is 45.3 Å². The van der Waals surface area contributed by atoms with Gasteiger partial charge in [-0.2, -0.15) is 0 Å². The van der Waals surface area contributed by atoms with Crippen LogP contribution in [0.25, 0.3) is 0 Å². The van der Waals surface area contributed by atoms with E-state index in [1.165, 1.54) is 12.0 Å². The molecule has 0 fully saturated rings. The van der Waals surface area contributed by atoms with Crippen LogP contribution in [-0.2, 0) is 20.7 Å². The monoisotopic (exact) mass is 345 g/mol. The van der Waals surface area contributed by atoms with Crippen LogP contribution in [0.5, 0.6) is 0 Å². The standard InChI is InChI=1S/C20H27NO4/c1-6-7-15-21(19(23)25-20(2,3)4)17(18(22)24-5)14-13-16-11-9-8-10-12-16/h6,8-12,14H,1,7,13,15H2,2-5H3/b17-14+. The van der Waals surface area contributed by atoms with Gasteiger partial charge < -0.3 is 9.47 Å². The molecule has 0 aliphatic carbocycles. The number of hydrogen-bond acceptors (Lipinski definition) is 4. The number of hydrogen-bond donors (Lipinski definition) is 0. The minimum atomic E-state index is -0.663. The molecule has 1 rings (SSSR count). The molecule has 0 radical (unpaired) electrons. The Morgan fingerprint density at radius 2 is 1.84 bits per heavy atom. The van der Waals surface area contributed by atoms with Crippen molar-refractivity contribution in [3.63, 3.8) is 0 Å². The number of carbonyl (C=O) groups is 2. The molecule has 25 heavy (non-hydrogen) atoms. The van der Waals surface area contributed by atoms with Crippen LogP contribution in [0.3, 0.4) is 0 Å². The number of methoxy groups -OCH3 is 1. The van der Waals surface area contributed by atoms with E-state index in [2.05, 4.69) is 6.58 Å². The molecule has 5 nitrogen and oxygen atoms in total. The topological polar surface area (TPSA) is 55.8 Å². The van der Waals surface area contributed by atoms with Crippen LogP contribution in [0, 0.1) is 0 Å². The molecule has 0 saturated heterocycles. The van der Waals surface area contributed by atoms with Crippen molar-refractivity contribution in [2.75, 3.05) is 13.7 Å². The zero-order valence-corrected chi connectivity index (χ0v) is 15.5. The van der Waals surface area contributed by atoms with Crippen LogP contribution in [0.1, 0.15) is 32.8 Å². The molecule has 0 bridgehead atoms. The largest absolute Gasteiger partial charge is 0.464 e. The minimum Gasteiger partial charge on any atom is -0.464 e. The Morgan fingerprint density at radius 3 is 2.36 bits per heavy atom. The van der Waals surface area contributed by atoms with Crippen molar-refractivity contribution in [2.45, 2.75) is 39.2 Å².